The van der Waals surface area contributed by atoms with Gasteiger partial charge in [0.2, 0.25) is 5.91 Å². The molecule has 0 unspecified atom stereocenters. The van der Waals surface area contributed by atoms with E-state index in [0.29, 0.717) is 0 Å². The fourth-order valence-electron chi connectivity index (χ4n) is 1.79. The molecule has 1 aromatic rings. The molecule has 116 valence electrons. The second-order valence-electron chi connectivity index (χ2n) is 6.39. The normalized spacial score (nSPS) is 11.7. The molecule has 0 saturated heterocycles. The van der Waals surface area contributed by atoms with E-state index in [4.69, 9.17) is 4.74 Å². The molecule has 5 nitrogen and oxygen atoms in total. The van der Waals surface area contributed by atoms with Crippen molar-refractivity contribution in [3.63, 3.8) is 0 Å². The van der Waals surface area contributed by atoms with Crippen LogP contribution >= 0.6 is 0 Å². The maximum atomic E-state index is 11.9. The standard InChI is InChI=1S/C16H24N2O3/c1-15(2,3)21-14(20)17-11-13(19)18-16(4,5)12-9-7-6-8-10-12/h6-10H,11H2,1-5H3,(H,17,20)(H,18,19). The van der Waals surface area contributed by atoms with E-state index in [1.54, 1.807) is 20.8 Å². The Kier molecular flexibility index (Phi) is 5.35. The first-order valence-electron chi connectivity index (χ1n) is 6.93. The molecule has 0 fully saturated rings. The number of nitrogens with one attached hydrogen (secondary N) is 2. The van der Waals surface area contributed by atoms with Gasteiger partial charge in [-0.1, -0.05) is 30.3 Å². The van der Waals surface area contributed by atoms with Crippen LogP contribution in [0.1, 0.15) is 40.2 Å². The van der Waals surface area contributed by atoms with Crippen molar-refractivity contribution < 1.29 is 14.3 Å². The molecule has 1 rings (SSSR count). The lowest BCUT2D eigenvalue weighted by Gasteiger charge is -2.27. The van der Waals surface area contributed by atoms with Crippen LogP contribution in [-0.2, 0) is 15.1 Å². The van der Waals surface area contributed by atoms with E-state index in [-0.39, 0.29) is 12.5 Å². The summed E-state index contributed by atoms with van der Waals surface area (Å²) in [6.07, 6.45) is -0.602. The molecule has 0 saturated carbocycles. The van der Waals surface area contributed by atoms with Crippen molar-refractivity contribution in [1.82, 2.24) is 10.6 Å². The minimum atomic E-state index is -0.602. The third-order valence-electron chi connectivity index (χ3n) is 2.74. The second-order valence-corrected chi connectivity index (χ2v) is 6.39. The average Bonchev–Trinajstić information content (AvgIpc) is 2.35. The quantitative estimate of drug-likeness (QED) is 0.896. The van der Waals surface area contributed by atoms with Crippen LogP contribution in [0.25, 0.3) is 0 Å². The van der Waals surface area contributed by atoms with Crippen LogP contribution in [0.2, 0.25) is 0 Å². The summed E-state index contributed by atoms with van der Waals surface area (Å²) in [6.45, 7) is 9.01. The van der Waals surface area contributed by atoms with Crippen LogP contribution in [-0.4, -0.2) is 24.1 Å². The summed E-state index contributed by atoms with van der Waals surface area (Å²) in [4.78, 5) is 23.4. The minimum absolute atomic E-state index is 0.120. The van der Waals surface area contributed by atoms with Crippen LogP contribution in [0, 0.1) is 0 Å². The zero-order valence-electron chi connectivity index (χ0n) is 13.3. The van der Waals surface area contributed by atoms with Crippen LogP contribution in [0.5, 0.6) is 0 Å². The lowest BCUT2D eigenvalue weighted by molar-refractivity contribution is -0.122. The van der Waals surface area contributed by atoms with Gasteiger partial charge in [0.05, 0.1) is 5.54 Å². The first kappa shape index (κ1) is 17.0. The monoisotopic (exact) mass is 292 g/mol. The minimum Gasteiger partial charge on any atom is -0.444 e. The molecule has 5 heteroatoms. The molecule has 21 heavy (non-hydrogen) atoms. The smallest absolute Gasteiger partial charge is 0.408 e. The molecule has 2 amide bonds. The molecular formula is C16H24N2O3. The predicted octanol–water partition coefficient (Wildman–Crippen LogP) is 2.56. The molecule has 0 atom stereocenters. The van der Waals surface area contributed by atoms with Crippen LogP contribution in [0.4, 0.5) is 4.79 Å². The molecule has 0 radical (unpaired) electrons. The van der Waals surface area contributed by atoms with Gasteiger partial charge in [-0.3, -0.25) is 4.79 Å². The summed E-state index contributed by atoms with van der Waals surface area (Å²) in [6, 6.07) is 9.65. The number of rotatable bonds is 4. The number of ether oxygens (including phenoxy) is 1. The first-order chi connectivity index (χ1) is 9.60. The topological polar surface area (TPSA) is 67.4 Å². The Labute approximate surface area is 126 Å². The summed E-state index contributed by atoms with van der Waals surface area (Å²) < 4.78 is 5.07. The summed E-state index contributed by atoms with van der Waals surface area (Å²) in [7, 11) is 0. The third kappa shape index (κ3) is 6.29. The molecular weight excluding hydrogens is 268 g/mol. The highest BCUT2D eigenvalue weighted by molar-refractivity contribution is 5.82. The van der Waals surface area contributed by atoms with Crippen molar-refractivity contribution >= 4 is 12.0 Å². The van der Waals surface area contributed by atoms with E-state index < -0.39 is 17.2 Å². The van der Waals surface area contributed by atoms with Gasteiger partial charge in [0.15, 0.2) is 0 Å². The molecule has 0 aliphatic rings. The van der Waals surface area contributed by atoms with Crippen molar-refractivity contribution in [2.45, 2.75) is 45.8 Å². The molecule has 0 spiro atoms. The molecule has 0 aliphatic heterocycles. The van der Waals surface area contributed by atoms with E-state index in [0.717, 1.165) is 5.56 Å². The van der Waals surface area contributed by atoms with Crippen molar-refractivity contribution in [3.8, 4) is 0 Å². The number of hydrogen-bond donors (Lipinski definition) is 2. The Morgan fingerprint density at radius 3 is 2.14 bits per heavy atom. The van der Waals surface area contributed by atoms with Crippen molar-refractivity contribution in [2.24, 2.45) is 0 Å². The number of carbonyl (C=O) groups is 2. The van der Waals surface area contributed by atoms with Crippen LogP contribution < -0.4 is 10.6 Å². The zero-order chi connectivity index (χ0) is 16.1. The average molecular weight is 292 g/mol. The van der Waals surface area contributed by atoms with E-state index in [2.05, 4.69) is 10.6 Å². The maximum absolute atomic E-state index is 11.9. The summed E-state index contributed by atoms with van der Waals surface area (Å²) >= 11 is 0. The fourth-order valence-corrected chi connectivity index (χ4v) is 1.79. The number of carbonyl (C=O) groups excluding carboxylic acids is 2. The third-order valence-corrected chi connectivity index (χ3v) is 2.74. The lowest BCUT2D eigenvalue weighted by Crippen LogP contribution is -2.46. The molecule has 0 heterocycles. The number of benzene rings is 1. The summed E-state index contributed by atoms with van der Waals surface area (Å²) in [5.74, 6) is -0.269. The van der Waals surface area contributed by atoms with Crippen LogP contribution in [0.3, 0.4) is 0 Å². The highest BCUT2D eigenvalue weighted by atomic mass is 16.6. The second kappa shape index (κ2) is 6.61. The van der Waals surface area contributed by atoms with E-state index >= 15 is 0 Å². The predicted molar refractivity (Wildman–Crippen MR) is 81.8 cm³/mol. The number of alkyl carbamates (subject to hydrolysis) is 1. The molecule has 2 N–H and O–H groups in total. The van der Waals surface area contributed by atoms with E-state index in [1.807, 2.05) is 44.2 Å². The Morgan fingerprint density at radius 2 is 1.62 bits per heavy atom. The van der Waals surface area contributed by atoms with Gasteiger partial charge in [0.25, 0.3) is 0 Å². The SMILES string of the molecule is CC(C)(C)OC(=O)NCC(=O)NC(C)(C)c1ccccc1. The van der Waals surface area contributed by atoms with Gasteiger partial charge < -0.3 is 15.4 Å². The Bertz CT molecular complexity index is 490. The Morgan fingerprint density at radius 1 is 1.05 bits per heavy atom. The van der Waals surface area contributed by atoms with Gasteiger partial charge in [-0.2, -0.15) is 0 Å². The zero-order valence-corrected chi connectivity index (χ0v) is 13.3. The molecule has 0 aliphatic carbocycles. The van der Waals surface area contributed by atoms with Gasteiger partial charge >= 0.3 is 6.09 Å². The lowest BCUT2D eigenvalue weighted by atomic mass is 9.94. The first-order valence-corrected chi connectivity index (χ1v) is 6.93. The molecule has 1 aromatic carbocycles. The van der Waals surface area contributed by atoms with Gasteiger partial charge in [-0.15, -0.1) is 0 Å². The molecule has 0 aromatic heterocycles. The fraction of sp³-hybridized carbons (Fsp3) is 0.500. The van der Waals surface area contributed by atoms with Gasteiger partial charge in [0.1, 0.15) is 12.1 Å². The summed E-state index contributed by atoms with van der Waals surface area (Å²) in [5, 5.41) is 5.32. The molecule has 0 bridgehead atoms. The highest BCUT2D eigenvalue weighted by Crippen LogP contribution is 2.18. The largest absolute Gasteiger partial charge is 0.444 e. The van der Waals surface area contributed by atoms with Crippen molar-refractivity contribution in [2.75, 3.05) is 6.54 Å². The van der Waals surface area contributed by atoms with Crippen LogP contribution in [0.15, 0.2) is 30.3 Å². The van der Waals surface area contributed by atoms with E-state index in [1.165, 1.54) is 0 Å². The van der Waals surface area contributed by atoms with Gasteiger partial charge in [0, 0.05) is 0 Å². The van der Waals surface area contributed by atoms with Crippen molar-refractivity contribution in [1.29, 1.82) is 0 Å². The van der Waals surface area contributed by atoms with Gasteiger partial charge in [-0.25, -0.2) is 4.79 Å². The highest BCUT2D eigenvalue weighted by Gasteiger charge is 2.23. The Balaban J connectivity index is 2.49. The summed E-state index contributed by atoms with van der Waals surface area (Å²) in [5.41, 5.74) is -0.0895. The van der Waals surface area contributed by atoms with Gasteiger partial charge in [-0.05, 0) is 40.2 Å². The number of amides is 2. The maximum Gasteiger partial charge on any atom is 0.408 e. The number of hydrogen-bond acceptors (Lipinski definition) is 3. The van der Waals surface area contributed by atoms with E-state index in [9.17, 15) is 9.59 Å². The Hall–Kier alpha value is -2.04. The van der Waals surface area contributed by atoms with Crippen molar-refractivity contribution in [3.05, 3.63) is 35.9 Å².